The van der Waals surface area contributed by atoms with Crippen molar-refractivity contribution < 1.29 is 8.94 Å². The molecule has 0 unspecified atom stereocenters. The van der Waals surface area contributed by atoms with Gasteiger partial charge in [0.05, 0.1) is 5.54 Å². The van der Waals surface area contributed by atoms with E-state index >= 15 is 0 Å². The number of benzene rings is 1. The maximum Gasteiger partial charge on any atom is 0.293 e. The summed E-state index contributed by atoms with van der Waals surface area (Å²) in [5.74, 6) is 2.31. The molecular formula is C18H19N3O2. The molecular weight excluding hydrogens is 290 g/mol. The van der Waals surface area contributed by atoms with Crippen LogP contribution in [0.15, 0.2) is 45.3 Å². The highest BCUT2D eigenvalue weighted by atomic mass is 16.5. The van der Waals surface area contributed by atoms with Crippen molar-refractivity contribution in [1.29, 1.82) is 0 Å². The maximum absolute atomic E-state index is 6.22. The molecule has 4 rings (SSSR count). The van der Waals surface area contributed by atoms with E-state index in [2.05, 4.69) is 41.3 Å². The smallest absolute Gasteiger partial charge is 0.293 e. The van der Waals surface area contributed by atoms with E-state index in [1.165, 1.54) is 5.56 Å². The van der Waals surface area contributed by atoms with Gasteiger partial charge in [0.15, 0.2) is 11.6 Å². The summed E-state index contributed by atoms with van der Waals surface area (Å²) in [6.07, 6.45) is 3.94. The molecule has 0 spiro atoms. The quantitative estimate of drug-likeness (QED) is 0.791. The number of hydrogen-bond donors (Lipinski definition) is 1. The van der Waals surface area contributed by atoms with Gasteiger partial charge in [0.1, 0.15) is 5.76 Å². The van der Waals surface area contributed by atoms with Crippen LogP contribution in [-0.4, -0.2) is 10.1 Å². The minimum atomic E-state index is -0.423. The highest BCUT2D eigenvalue weighted by molar-refractivity contribution is 5.61. The van der Waals surface area contributed by atoms with Crippen LogP contribution in [0.4, 0.5) is 0 Å². The summed E-state index contributed by atoms with van der Waals surface area (Å²) >= 11 is 0. The minimum absolute atomic E-state index is 0.383. The molecule has 2 aromatic heterocycles. The molecule has 2 N–H and O–H groups in total. The Morgan fingerprint density at radius 3 is 2.48 bits per heavy atom. The summed E-state index contributed by atoms with van der Waals surface area (Å²) in [4.78, 5) is 4.41. The van der Waals surface area contributed by atoms with Gasteiger partial charge in [0.2, 0.25) is 0 Å². The number of hydrogen-bond acceptors (Lipinski definition) is 5. The van der Waals surface area contributed by atoms with E-state index < -0.39 is 5.54 Å². The average Bonchev–Trinajstić information content (AvgIpc) is 3.22. The second-order valence-corrected chi connectivity index (χ2v) is 6.15. The largest absolute Gasteiger partial charge is 0.451 e. The van der Waals surface area contributed by atoms with E-state index in [9.17, 15) is 0 Å². The Hall–Kier alpha value is -2.40. The van der Waals surface area contributed by atoms with Gasteiger partial charge < -0.3 is 14.7 Å². The van der Waals surface area contributed by atoms with Crippen LogP contribution >= 0.6 is 0 Å². The number of nitrogens with zero attached hydrogens (tertiary/aromatic N) is 2. The second kappa shape index (κ2) is 5.35. The molecule has 118 valence electrons. The van der Waals surface area contributed by atoms with Crippen molar-refractivity contribution in [2.24, 2.45) is 5.73 Å². The van der Waals surface area contributed by atoms with Gasteiger partial charge >= 0.3 is 0 Å². The van der Waals surface area contributed by atoms with Crippen molar-refractivity contribution >= 4 is 0 Å². The van der Waals surface area contributed by atoms with Crippen molar-refractivity contribution in [3.8, 4) is 23.0 Å². The Balaban J connectivity index is 1.60. The van der Waals surface area contributed by atoms with Gasteiger partial charge in [-0.2, -0.15) is 4.98 Å². The normalized spacial score (nSPS) is 16.3. The van der Waals surface area contributed by atoms with Gasteiger partial charge in [0, 0.05) is 5.56 Å². The first-order valence-electron chi connectivity index (χ1n) is 8.00. The van der Waals surface area contributed by atoms with Crippen molar-refractivity contribution in [3.05, 3.63) is 47.8 Å². The fraction of sp³-hybridized carbons (Fsp3) is 0.333. The first-order valence-corrected chi connectivity index (χ1v) is 8.00. The molecule has 0 saturated heterocycles. The first-order chi connectivity index (χ1) is 11.2. The zero-order valence-electron chi connectivity index (χ0n) is 13.1. The van der Waals surface area contributed by atoms with Crippen LogP contribution in [0.25, 0.3) is 23.0 Å². The summed E-state index contributed by atoms with van der Waals surface area (Å²) in [7, 11) is 0. The molecule has 23 heavy (non-hydrogen) atoms. The Bertz CT molecular complexity index is 813. The number of aromatic nitrogens is 2. The van der Waals surface area contributed by atoms with Crippen LogP contribution in [0.1, 0.15) is 37.6 Å². The third-order valence-electron chi connectivity index (χ3n) is 4.58. The van der Waals surface area contributed by atoms with Gasteiger partial charge in [-0.3, -0.25) is 0 Å². The van der Waals surface area contributed by atoms with E-state index in [4.69, 9.17) is 14.7 Å². The second-order valence-electron chi connectivity index (χ2n) is 6.15. The molecule has 1 aliphatic carbocycles. The summed E-state index contributed by atoms with van der Waals surface area (Å²) in [6.45, 7) is 2.14. The Kier molecular flexibility index (Phi) is 3.31. The first kappa shape index (κ1) is 14.2. The lowest BCUT2D eigenvalue weighted by Gasteiger charge is -2.34. The summed E-state index contributed by atoms with van der Waals surface area (Å²) in [5, 5.41) is 4.02. The summed E-state index contributed by atoms with van der Waals surface area (Å²) in [5.41, 5.74) is 8.13. The molecule has 0 bridgehead atoms. The zero-order chi connectivity index (χ0) is 15.9. The predicted molar refractivity (Wildman–Crippen MR) is 86.5 cm³/mol. The van der Waals surface area contributed by atoms with Crippen LogP contribution in [0.5, 0.6) is 0 Å². The fourth-order valence-electron chi connectivity index (χ4n) is 2.82. The molecule has 5 heteroatoms. The van der Waals surface area contributed by atoms with Crippen LogP contribution in [0.3, 0.4) is 0 Å². The highest BCUT2D eigenvalue weighted by Gasteiger charge is 2.39. The third kappa shape index (κ3) is 2.47. The summed E-state index contributed by atoms with van der Waals surface area (Å²) < 4.78 is 11.2. The lowest BCUT2D eigenvalue weighted by molar-refractivity contribution is 0.229. The molecule has 0 aliphatic heterocycles. The van der Waals surface area contributed by atoms with E-state index in [0.717, 1.165) is 37.0 Å². The molecule has 1 saturated carbocycles. The van der Waals surface area contributed by atoms with E-state index in [0.29, 0.717) is 17.5 Å². The van der Waals surface area contributed by atoms with E-state index in [1.807, 2.05) is 12.1 Å². The molecule has 0 atom stereocenters. The number of rotatable bonds is 4. The van der Waals surface area contributed by atoms with Gasteiger partial charge in [-0.05, 0) is 43.4 Å². The Labute approximate surface area is 134 Å². The van der Waals surface area contributed by atoms with Crippen molar-refractivity contribution in [2.75, 3.05) is 0 Å². The van der Waals surface area contributed by atoms with Crippen LogP contribution in [-0.2, 0) is 12.0 Å². The lowest BCUT2D eigenvalue weighted by atomic mass is 9.77. The third-order valence-corrected chi connectivity index (χ3v) is 4.58. The average molecular weight is 309 g/mol. The lowest BCUT2D eigenvalue weighted by Crippen LogP contribution is -2.44. The predicted octanol–water partition coefficient (Wildman–Crippen LogP) is 3.90. The molecule has 5 nitrogen and oxygen atoms in total. The van der Waals surface area contributed by atoms with Crippen molar-refractivity contribution in [1.82, 2.24) is 10.1 Å². The monoisotopic (exact) mass is 309 g/mol. The molecule has 1 fully saturated rings. The molecule has 1 aromatic carbocycles. The SMILES string of the molecule is CCc1ccc(-c2ccc(-c3nc(C4(N)CCC4)no3)o2)cc1. The van der Waals surface area contributed by atoms with E-state index in [-0.39, 0.29) is 0 Å². The molecule has 0 amide bonds. The minimum Gasteiger partial charge on any atom is -0.451 e. The van der Waals surface area contributed by atoms with Crippen LogP contribution in [0.2, 0.25) is 0 Å². The van der Waals surface area contributed by atoms with Gasteiger partial charge in [0.25, 0.3) is 5.89 Å². The fourth-order valence-corrected chi connectivity index (χ4v) is 2.82. The van der Waals surface area contributed by atoms with E-state index in [1.54, 1.807) is 0 Å². The standard InChI is InChI=1S/C18H19N3O2/c1-2-12-4-6-13(7-5-12)14-8-9-15(22-14)16-20-17(21-23-16)18(19)10-3-11-18/h4-9H,2-3,10-11,19H2,1H3. The topological polar surface area (TPSA) is 78.1 Å². The summed E-state index contributed by atoms with van der Waals surface area (Å²) in [6, 6.07) is 12.1. The molecule has 2 heterocycles. The molecule has 3 aromatic rings. The van der Waals surface area contributed by atoms with Crippen LogP contribution < -0.4 is 5.73 Å². The number of aryl methyl sites for hydroxylation is 1. The Morgan fingerprint density at radius 1 is 1.09 bits per heavy atom. The molecule has 0 radical (unpaired) electrons. The molecule has 1 aliphatic rings. The van der Waals surface area contributed by atoms with Gasteiger partial charge in [-0.15, -0.1) is 0 Å². The van der Waals surface area contributed by atoms with Crippen LogP contribution in [0, 0.1) is 0 Å². The number of furan rings is 1. The zero-order valence-corrected chi connectivity index (χ0v) is 13.1. The number of nitrogens with two attached hydrogens (primary N) is 1. The Morgan fingerprint density at radius 2 is 1.83 bits per heavy atom. The van der Waals surface area contributed by atoms with Crippen molar-refractivity contribution in [2.45, 2.75) is 38.1 Å². The highest BCUT2D eigenvalue weighted by Crippen LogP contribution is 2.38. The van der Waals surface area contributed by atoms with Gasteiger partial charge in [-0.1, -0.05) is 36.3 Å². The maximum atomic E-state index is 6.22. The van der Waals surface area contributed by atoms with Crippen molar-refractivity contribution in [3.63, 3.8) is 0 Å². The van der Waals surface area contributed by atoms with Gasteiger partial charge in [-0.25, -0.2) is 0 Å².